The monoisotopic (exact) mass is 534 g/mol. The first-order valence-electron chi connectivity index (χ1n) is 13.0. The number of aliphatic hydroxyl groups is 4. The van der Waals surface area contributed by atoms with Crippen molar-refractivity contribution in [1.29, 1.82) is 0 Å². The average molecular weight is 535 g/mol. The van der Waals surface area contributed by atoms with Crippen LogP contribution in [0.1, 0.15) is 31.0 Å². The Morgan fingerprint density at radius 1 is 0.923 bits per heavy atom. The fraction of sp³-hybridized carbons (Fsp3) is 0.367. The van der Waals surface area contributed by atoms with Crippen molar-refractivity contribution in [3.8, 4) is 22.9 Å². The van der Waals surface area contributed by atoms with E-state index in [0.717, 1.165) is 38.9 Å². The van der Waals surface area contributed by atoms with Gasteiger partial charge in [0.15, 0.2) is 0 Å². The van der Waals surface area contributed by atoms with Crippen LogP contribution < -0.4 is 9.47 Å². The molecule has 0 amide bonds. The maximum absolute atomic E-state index is 10.7. The Morgan fingerprint density at radius 2 is 1.64 bits per heavy atom. The van der Waals surface area contributed by atoms with Crippen molar-refractivity contribution in [1.82, 2.24) is 9.78 Å². The molecule has 0 aliphatic carbocycles. The average Bonchev–Trinajstić information content (AvgIpc) is 3.31. The lowest BCUT2D eigenvalue weighted by Gasteiger charge is -2.39. The number of nitrogens with zero attached hydrogens (tertiary/aromatic N) is 2. The molecule has 0 unspecified atom stereocenters. The van der Waals surface area contributed by atoms with E-state index in [1.165, 1.54) is 0 Å². The van der Waals surface area contributed by atoms with Crippen molar-refractivity contribution in [3.63, 3.8) is 0 Å². The number of methoxy groups -OCH3 is 1. The highest BCUT2D eigenvalue weighted by atomic mass is 16.7. The molecule has 4 N–H and O–H groups in total. The molecule has 1 fully saturated rings. The Morgan fingerprint density at radius 3 is 2.31 bits per heavy atom. The van der Waals surface area contributed by atoms with Gasteiger partial charge in [-0.2, -0.15) is 0 Å². The Bertz CT molecular complexity index is 1420. The molecule has 0 radical (unpaired) electrons. The highest BCUT2D eigenvalue weighted by Crippen LogP contribution is 2.37. The fourth-order valence-corrected chi connectivity index (χ4v) is 4.94. The van der Waals surface area contributed by atoms with Crippen LogP contribution in [0, 0.1) is 0 Å². The maximum Gasteiger partial charge on any atom is 0.239 e. The zero-order valence-corrected chi connectivity index (χ0v) is 22.1. The van der Waals surface area contributed by atoms with Crippen LogP contribution in [0.2, 0.25) is 0 Å². The lowest BCUT2D eigenvalue weighted by atomic mass is 9.98. The van der Waals surface area contributed by atoms with E-state index >= 15 is 0 Å². The van der Waals surface area contributed by atoms with Crippen molar-refractivity contribution in [2.24, 2.45) is 0 Å². The summed E-state index contributed by atoms with van der Waals surface area (Å²) in [7, 11) is 1.62. The molecular weight excluding hydrogens is 500 g/mol. The summed E-state index contributed by atoms with van der Waals surface area (Å²) in [6.07, 6.45) is -6.58. The first-order valence-corrected chi connectivity index (χ1v) is 13.0. The maximum atomic E-state index is 10.7. The van der Waals surface area contributed by atoms with Crippen LogP contribution in [0.3, 0.4) is 0 Å². The number of aliphatic hydroxyl groups excluding tert-OH is 4. The van der Waals surface area contributed by atoms with Crippen molar-refractivity contribution >= 4 is 10.8 Å². The second-order valence-electron chi connectivity index (χ2n) is 10.1. The summed E-state index contributed by atoms with van der Waals surface area (Å²) in [6, 6.07) is 22.0. The molecule has 1 aliphatic heterocycles. The lowest BCUT2D eigenvalue weighted by Crippen LogP contribution is -2.60. The van der Waals surface area contributed by atoms with Crippen LogP contribution in [-0.2, 0) is 11.2 Å². The van der Waals surface area contributed by atoms with Gasteiger partial charge in [0.1, 0.15) is 30.2 Å². The van der Waals surface area contributed by atoms with Crippen LogP contribution in [0.15, 0.2) is 66.7 Å². The number of benzene rings is 3. The lowest BCUT2D eigenvalue weighted by molar-refractivity contribution is -0.278. The van der Waals surface area contributed by atoms with Gasteiger partial charge in [0.05, 0.1) is 19.4 Å². The molecule has 5 rings (SSSR count). The molecule has 0 spiro atoms. The van der Waals surface area contributed by atoms with E-state index in [9.17, 15) is 20.4 Å². The third-order valence-electron chi connectivity index (χ3n) is 7.10. The number of hydrogen-bond donors (Lipinski definition) is 4. The molecule has 1 aromatic heterocycles. The van der Waals surface area contributed by atoms with Gasteiger partial charge in [-0.25, -0.2) is 0 Å². The fourth-order valence-electron chi connectivity index (χ4n) is 4.94. The first kappa shape index (κ1) is 27.1. The molecule has 0 bridgehead atoms. The molecule has 39 heavy (non-hydrogen) atoms. The minimum Gasteiger partial charge on any atom is -0.497 e. The summed E-state index contributed by atoms with van der Waals surface area (Å²) < 4.78 is 19.0. The topological polar surface area (TPSA) is 126 Å². The van der Waals surface area contributed by atoms with E-state index in [2.05, 4.69) is 24.3 Å². The van der Waals surface area contributed by atoms with E-state index in [0.29, 0.717) is 6.42 Å². The summed E-state index contributed by atoms with van der Waals surface area (Å²) >= 11 is 0. The Balaban J connectivity index is 1.62. The number of fused-ring (bicyclic) bond motifs is 1. The predicted molar refractivity (Wildman–Crippen MR) is 146 cm³/mol. The second-order valence-corrected chi connectivity index (χ2v) is 10.1. The van der Waals surface area contributed by atoms with Gasteiger partial charge in [0.25, 0.3) is 0 Å². The molecule has 9 nitrogen and oxygen atoms in total. The summed E-state index contributed by atoms with van der Waals surface area (Å²) in [5.74, 6) is 0.969. The van der Waals surface area contributed by atoms with Crippen LogP contribution in [0.5, 0.6) is 11.6 Å². The smallest absolute Gasteiger partial charge is 0.239 e. The van der Waals surface area contributed by atoms with Crippen LogP contribution >= 0.6 is 0 Å². The van der Waals surface area contributed by atoms with Crippen molar-refractivity contribution in [2.45, 2.75) is 57.0 Å². The van der Waals surface area contributed by atoms with Gasteiger partial charge in [-0.3, -0.25) is 4.68 Å². The molecule has 0 saturated carbocycles. The van der Waals surface area contributed by atoms with E-state index in [1.807, 2.05) is 61.0 Å². The molecule has 4 aromatic rings. The Labute approximate surface area is 226 Å². The quantitative estimate of drug-likeness (QED) is 0.272. The minimum absolute atomic E-state index is 0.0340. The summed E-state index contributed by atoms with van der Waals surface area (Å²) in [5, 5.41) is 47.8. The van der Waals surface area contributed by atoms with Gasteiger partial charge in [0, 0.05) is 23.6 Å². The zero-order valence-electron chi connectivity index (χ0n) is 22.1. The summed E-state index contributed by atoms with van der Waals surface area (Å²) in [6.45, 7) is 3.49. The normalized spacial score (nSPS) is 23.3. The van der Waals surface area contributed by atoms with Gasteiger partial charge >= 0.3 is 0 Å². The molecule has 1 saturated heterocycles. The Kier molecular flexibility index (Phi) is 7.88. The van der Waals surface area contributed by atoms with Crippen molar-refractivity contribution in [2.75, 3.05) is 13.7 Å². The largest absolute Gasteiger partial charge is 0.497 e. The highest BCUT2D eigenvalue weighted by Gasteiger charge is 2.45. The third-order valence-corrected chi connectivity index (χ3v) is 7.10. The molecule has 3 aromatic carbocycles. The number of hydrogen-bond acceptors (Lipinski definition) is 8. The predicted octanol–water partition coefficient (Wildman–Crippen LogP) is 3.06. The number of ether oxygens (including phenoxy) is 3. The third kappa shape index (κ3) is 5.36. The SMILES string of the molecule is COc1ccc(Cc2c(O[C@@H]3O[C@H](CO)[C@@H](O)[C@H](O)[C@H]3O)nn(C(C)C)c2-c2ccc3ccccc3c2)cc1. The van der Waals surface area contributed by atoms with Crippen LogP contribution in [0.4, 0.5) is 0 Å². The van der Waals surface area contributed by atoms with Crippen LogP contribution in [-0.4, -0.2) is 74.6 Å². The van der Waals surface area contributed by atoms with Crippen LogP contribution in [0.25, 0.3) is 22.0 Å². The molecule has 5 atom stereocenters. The summed E-state index contributed by atoms with van der Waals surface area (Å²) in [5.41, 5.74) is 3.55. The van der Waals surface area contributed by atoms with E-state index < -0.39 is 37.3 Å². The zero-order chi connectivity index (χ0) is 27.7. The second kappa shape index (κ2) is 11.3. The number of aromatic nitrogens is 2. The standard InChI is InChI=1S/C30H34N2O7/c1-17(2)32-25(21-11-10-19-6-4-5-7-20(19)15-21)23(14-18-8-12-22(37-3)13-9-18)29(31-32)39-30-28(36)27(35)26(34)24(16-33)38-30/h4-13,15,17,24,26-28,30,33-36H,14,16H2,1-3H3/t24-,26-,27+,28-,30+/m1/s1. The highest BCUT2D eigenvalue weighted by molar-refractivity contribution is 5.87. The Hall–Kier alpha value is -3.47. The van der Waals surface area contributed by atoms with E-state index in [1.54, 1.807) is 7.11 Å². The first-order chi connectivity index (χ1) is 18.8. The molecule has 206 valence electrons. The van der Waals surface area contributed by atoms with Gasteiger partial charge < -0.3 is 34.6 Å². The minimum atomic E-state index is -1.56. The van der Waals surface area contributed by atoms with Gasteiger partial charge in [-0.15, -0.1) is 5.10 Å². The molecular formula is C30H34N2O7. The van der Waals surface area contributed by atoms with E-state index in [4.69, 9.17) is 19.3 Å². The summed E-state index contributed by atoms with van der Waals surface area (Å²) in [4.78, 5) is 0. The number of rotatable bonds is 8. The van der Waals surface area contributed by atoms with Gasteiger partial charge in [-0.05, 0) is 48.4 Å². The van der Waals surface area contributed by atoms with Crippen molar-refractivity contribution in [3.05, 3.63) is 77.9 Å². The van der Waals surface area contributed by atoms with E-state index in [-0.39, 0.29) is 11.9 Å². The van der Waals surface area contributed by atoms with Gasteiger partial charge in [0.2, 0.25) is 12.2 Å². The molecule has 2 heterocycles. The molecule has 1 aliphatic rings. The molecule has 9 heteroatoms. The van der Waals surface area contributed by atoms with Gasteiger partial charge in [-0.1, -0.05) is 48.5 Å². The van der Waals surface area contributed by atoms with Crippen molar-refractivity contribution < 1.29 is 34.6 Å².